The van der Waals surface area contributed by atoms with Gasteiger partial charge in [-0.15, -0.1) is 0 Å². The van der Waals surface area contributed by atoms with E-state index < -0.39 is 12.0 Å². The van der Waals surface area contributed by atoms with Gasteiger partial charge in [-0.05, 0) is 42.4 Å². The first kappa shape index (κ1) is 19.7. The van der Waals surface area contributed by atoms with Gasteiger partial charge >= 0.3 is 5.97 Å². The molecule has 0 aromatic heterocycles. The Morgan fingerprint density at radius 2 is 1.86 bits per heavy atom. The summed E-state index contributed by atoms with van der Waals surface area (Å²) in [5, 5.41) is 6.53. The fraction of sp³-hybridized carbons (Fsp3) is 0.238. The molecular weight excluding hydrogens is 376 g/mol. The van der Waals surface area contributed by atoms with Gasteiger partial charge in [0.05, 0.1) is 25.8 Å². The molecule has 28 heavy (non-hydrogen) atoms. The Balaban J connectivity index is 1.88. The van der Waals surface area contributed by atoms with Crippen molar-refractivity contribution in [2.75, 3.05) is 14.2 Å². The van der Waals surface area contributed by atoms with E-state index in [1.54, 1.807) is 14.0 Å². The average Bonchev–Trinajstić information content (AvgIpc) is 2.71. The molecule has 1 atom stereocenters. The Kier molecular flexibility index (Phi) is 6.16. The lowest BCUT2D eigenvalue weighted by atomic mass is 9.95. The molecule has 0 saturated heterocycles. The quantitative estimate of drug-likeness (QED) is 0.572. The summed E-state index contributed by atoms with van der Waals surface area (Å²) in [5.74, 6) is 0.766. The maximum Gasteiger partial charge on any atom is 0.337 e. The van der Waals surface area contributed by atoms with Crippen LogP contribution in [0.1, 0.15) is 24.1 Å². The average molecular weight is 398 g/mol. The summed E-state index contributed by atoms with van der Waals surface area (Å²) >= 11 is 5.25. The Hall–Kier alpha value is -3.06. The van der Waals surface area contributed by atoms with Crippen LogP contribution in [0.4, 0.5) is 0 Å². The zero-order valence-corrected chi connectivity index (χ0v) is 16.8. The lowest BCUT2D eigenvalue weighted by Gasteiger charge is -2.30. The van der Waals surface area contributed by atoms with Gasteiger partial charge in [0.15, 0.2) is 16.6 Å². The number of esters is 1. The minimum Gasteiger partial charge on any atom is -0.493 e. The zero-order chi connectivity index (χ0) is 20.1. The number of rotatable bonds is 6. The fourth-order valence-corrected chi connectivity index (χ4v) is 3.31. The molecule has 0 spiro atoms. The standard InChI is InChI=1S/C21H22N2O4S/c1-13-18(20(24)26-3)19(23-21(28)22-13)15-9-10-16(17(11-15)25-2)27-12-14-7-5-4-6-8-14/h4-11,19H,12H2,1-3H3,(H2,22,23,28)/t19-/m1/s1. The van der Waals surface area contributed by atoms with E-state index in [1.165, 1.54) is 7.11 Å². The van der Waals surface area contributed by atoms with Crippen molar-refractivity contribution in [3.63, 3.8) is 0 Å². The van der Waals surface area contributed by atoms with Crippen LogP contribution in [0.2, 0.25) is 0 Å². The highest BCUT2D eigenvalue weighted by molar-refractivity contribution is 7.80. The van der Waals surface area contributed by atoms with Crippen molar-refractivity contribution >= 4 is 23.3 Å². The number of thiocarbonyl (C=S) groups is 1. The van der Waals surface area contributed by atoms with Crippen LogP contribution in [0.15, 0.2) is 59.8 Å². The molecule has 0 radical (unpaired) electrons. The topological polar surface area (TPSA) is 68.8 Å². The van der Waals surface area contributed by atoms with Gasteiger partial charge in [0.2, 0.25) is 0 Å². The third kappa shape index (κ3) is 4.26. The van der Waals surface area contributed by atoms with Crippen molar-refractivity contribution in [3.8, 4) is 11.5 Å². The molecule has 146 valence electrons. The second-order valence-corrected chi connectivity index (χ2v) is 6.65. The normalized spacial score (nSPS) is 16.1. The predicted molar refractivity (Wildman–Crippen MR) is 110 cm³/mol. The molecule has 0 fully saturated rings. The maximum atomic E-state index is 12.3. The maximum absolute atomic E-state index is 12.3. The second kappa shape index (κ2) is 8.75. The summed E-state index contributed by atoms with van der Waals surface area (Å²) in [5.41, 5.74) is 3.00. The van der Waals surface area contributed by atoms with Crippen LogP contribution in [-0.4, -0.2) is 25.3 Å². The number of hydrogen-bond donors (Lipinski definition) is 2. The molecule has 1 aliphatic rings. The summed E-state index contributed by atoms with van der Waals surface area (Å²) in [6.07, 6.45) is 0. The van der Waals surface area contributed by atoms with Gasteiger partial charge in [0.1, 0.15) is 6.61 Å². The molecule has 2 aromatic carbocycles. The molecule has 3 rings (SSSR count). The van der Waals surface area contributed by atoms with Gasteiger partial charge in [0.25, 0.3) is 0 Å². The molecule has 2 aromatic rings. The van der Waals surface area contributed by atoms with E-state index >= 15 is 0 Å². The minimum absolute atomic E-state index is 0.423. The number of nitrogens with one attached hydrogen (secondary N) is 2. The van der Waals surface area contributed by atoms with Crippen molar-refractivity contribution in [1.82, 2.24) is 10.6 Å². The number of carbonyl (C=O) groups is 1. The lowest BCUT2D eigenvalue weighted by Crippen LogP contribution is -2.45. The van der Waals surface area contributed by atoms with Crippen molar-refractivity contribution in [2.45, 2.75) is 19.6 Å². The largest absolute Gasteiger partial charge is 0.493 e. The summed E-state index contributed by atoms with van der Waals surface area (Å²) in [4.78, 5) is 12.3. The fourth-order valence-electron chi connectivity index (χ4n) is 3.04. The summed E-state index contributed by atoms with van der Waals surface area (Å²) in [6.45, 7) is 2.22. The molecule has 1 aliphatic heterocycles. The van der Waals surface area contributed by atoms with Crippen molar-refractivity contribution in [2.24, 2.45) is 0 Å². The van der Waals surface area contributed by atoms with E-state index in [0.29, 0.717) is 34.5 Å². The number of ether oxygens (including phenoxy) is 3. The number of allylic oxidation sites excluding steroid dienone is 1. The zero-order valence-electron chi connectivity index (χ0n) is 15.9. The first-order chi connectivity index (χ1) is 13.5. The van der Waals surface area contributed by atoms with Crippen LogP contribution in [0, 0.1) is 0 Å². The molecule has 0 amide bonds. The predicted octanol–water partition coefficient (Wildman–Crippen LogP) is 3.24. The minimum atomic E-state index is -0.446. The Morgan fingerprint density at radius 3 is 2.54 bits per heavy atom. The van der Waals surface area contributed by atoms with Gasteiger partial charge in [-0.3, -0.25) is 0 Å². The molecule has 1 heterocycles. The van der Waals surface area contributed by atoms with Crippen LogP contribution < -0.4 is 20.1 Å². The third-order valence-electron chi connectivity index (χ3n) is 4.43. The van der Waals surface area contributed by atoms with Crippen LogP contribution in [0.3, 0.4) is 0 Å². The Labute approximate surface area is 169 Å². The van der Waals surface area contributed by atoms with E-state index in [-0.39, 0.29) is 0 Å². The van der Waals surface area contributed by atoms with E-state index in [0.717, 1.165) is 11.1 Å². The van der Waals surface area contributed by atoms with Gasteiger partial charge < -0.3 is 24.8 Å². The number of hydrogen-bond acceptors (Lipinski definition) is 5. The van der Waals surface area contributed by atoms with Crippen LogP contribution in [0.5, 0.6) is 11.5 Å². The molecule has 0 aliphatic carbocycles. The lowest BCUT2D eigenvalue weighted by molar-refractivity contribution is -0.136. The first-order valence-corrected chi connectivity index (χ1v) is 9.15. The van der Waals surface area contributed by atoms with Crippen molar-refractivity contribution < 1.29 is 19.0 Å². The summed E-state index contributed by atoms with van der Waals surface area (Å²) in [7, 11) is 2.94. The molecule has 2 N–H and O–H groups in total. The summed E-state index contributed by atoms with van der Waals surface area (Å²) in [6, 6.07) is 15.0. The smallest absolute Gasteiger partial charge is 0.337 e. The van der Waals surface area contributed by atoms with Crippen LogP contribution in [-0.2, 0) is 16.1 Å². The van der Waals surface area contributed by atoms with Gasteiger partial charge in [-0.1, -0.05) is 36.4 Å². The van der Waals surface area contributed by atoms with Gasteiger partial charge in [-0.25, -0.2) is 4.79 Å². The SMILES string of the molecule is COC(=O)C1=C(C)NC(=S)N[C@@H]1c1ccc(OCc2ccccc2)c(OC)c1. The molecular formula is C21H22N2O4S. The molecule has 0 bridgehead atoms. The highest BCUT2D eigenvalue weighted by Gasteiger charge is 2.31. The number of methoxy groups -OCH3 is 2. The van der Waals surface area contributed by atoms with Crippen LogP contribution >= 0.6 is 12.2 Å². The van der Waals surface area contributed by atoms with Crippen molar-refractivity contribution in [3.05, 3.63) is 70.9 Å². The molecule has 7 heteroatoms. The Morgan fingerprint density at radius 1 is 1.11 bits per heavy atom. The van der Waals surface area contributed by atoms with Gasteiger partial charge in [0, 0.05) is 5.70 Å². The van der Waals surface area contributed by atoms with Crippen LogP contribution in [0.25, 0.3) is 0 Å². The first-order valence-electron chi connectivity index (χ1n) is 8.74. The monoisotopic (exact) mass is 398 g/mol. The van der Waals surface area contributed by atoms with E-state index in [2.05, 4.69) is 10.6 Å². The van der Waals surface area contributed by atoms with E-state index in [1.807, 2.05) is 48.5 Å². The second-order valence-electron chi connectivity index (χ2n) is 6.25. The van der Waals surface area contributed by atoms with E-state index in [9.17, 15) is 4.79 Å². The third-order valence-corrected chi connectivity index (χ3v) is 4.65. The van der Waals surface area contributed by atoms with Crippen molar-refractivity contribution in [1.29, 1.82) is 0 Å². The Bertz CT molecular complexity index is 912. The number of benzene rings is 2. The molecule has 6 nitrogen and oxygen atoms in total. The van der Waals surface area contributed by atoms with E-state index in [4.69, 9.17) is 26.4 Å². The number of carbonyl (C=O) groups excluding carboxylic acids is 1. The summed E-state index contributed by atoms with van der Waals surface area (Å²) < 4.78 is 16.4. The molecule has 0 unspecified atom stereocenters. The highest BCUT2D eigenvalue weighted by atomic mass is 32.1. The molecule has 0 saturated carbocycles. The van der Waals surface area contributed by atoms with Gasteiger partial charge in [-0.2, -0.15) is 0 Å². The highest BCUT2D eigenvalue weighted by Crippen LogP contribution is 2.34.